The number of nitrogens with zero attached hydrogens (tertiary/aromatic N) is 4. The van der Waals surface area contributed by atoms with E-state index in [4.69, 9.17) is 0 Å². The Kier molecular flexibility index (Phi) is 4.43. The van der Waals surface area contributed by atoms with Crippen molar-refractivity contribution in [2.24, 2.45) is 5.92 Å². The van der Waals surface area contributed by atoms with Gasteiger partial charge in [0.05, 0.1) is 17.5 Å². The molecule has 0 radical (unpaired) electrons. The molecule has 2 atom stereocenters. The van der Waals surface area contributed by atoms with E-state index in [9.17, 15) is 9.90 Å². The second kappa shape index (κ2) is 6.50. The molecule has 1 amide bonds. The van der Waals surface area contributed by atoms with Crippen LogP contribution in [-0.4, -0.2) is 50.1 Å². The van der Waals surface area contributed by atoms with Gasteiger partial charge in [0, 0.05) is 19.0 Å². The third-order valence-electron chi connectivity index (χ3n) is 4.53. The lowest BCUT2D eigenvalue weighted by Gasteiger charge is -2.33. The topological polar surface area (TPSA) is 71.2 Å². The zero-order valence-electron chi connectivity index (χ0n) is 13.5. The van der Waals surface area contributed by atoms with Crippen molar-refractivity contribution >= 4 is 5.91 Å². The van der Waals surface area contributed by atoms with Gasteiger partial charge in [0.2, 0.25) is 0 Å². The van der Waals surface area contributed by atoms with Crippen LogP contribution in [0.2, 0.25) is 0 Å². The van der Waals surface area contributed by atoms with E-state index in [0.717, 1.165) is 24.2 Å². The Morgan fingerprint density at radius 1 is 1.35 bits per heavy atom. The molecule has 1 aromatic carbocycles. The number of carbonyl (C=O) groups excluding carboxylic acids is 1. The van der Waals surface area contributed by atoms with Gasteiger partial charge in [-0.15, -0.1) is 5.10 Å². The largest absolute Gasteiger partial charge is 0.393 e. The monoisotopic (exact) mass is 314 g/mol. The minimum absolute atomic E-state index is 0.102. The maximum absolute atomic E-state index is 12.8. The van der Waals surface area contributed by atoms with Crippen LogP contribution in [0.3, 0.4) is 0 Å². The highest BCUT2D eigenvalue weighted by Gasteiger charge is 2.29. The molecule has 0 saturated carbocycles. The number of hydrogen-bond donors (Lipinski definition) is 1. The molecule has 1 saturated heterocycles. The molecule has 0 spiro atoms. The predicted molar refractivity (Wildman–Crippen MR) is 86.4 cm³/mol. The molecule has 2 heterocycles. The molecule has 6 nitrogen and oxygen atoms in total. The van der Waals surface area contributed by atoms with Crippen molar-refractivity contribution in [3.63, 3.8) is 0 Å². The van der Waals surface area contributed by atoms with E-state index < -0.39 is 6.10 Å². The van der Waals surface area contributed by atoms with Crippen molar-refractivity contribution in [1.29, 1.82) is 0 Å². The molecule has 3 rings (SSSR count). The summed E-state index contributed by atoms with van der Waals surface area (Å²) in [5, 5.41) is 18.0. The lowest BCUT2D eigenvalue weighted by atomic mass is 9.93. The van der Waals surface area contributed by atoms with Crippen molar-refractivity contribution in [3.05, 3.63) is 41.7 Å². The first kappa shape index (κ1) is 15.7. The summed E-state index contributed by atoms with van der Waals surface area (Å²) in [6.07, 6.45) is 1.47. The Labute approximate surface area is 135 Å². The number of carbonyl (C=O) groups is 1. The van der Waals surface area contributed by atoms with E-state index in [1.54, 1.807) is 16.5 Å². The molecule has 2 aromatic rings. The van der Waals surface area contributed by atoms with Gasteiger partial charge < -0.3 is 10.0 Å². The van der Waals surface area contributed by atoms with Gasteiger partial charge >= 0.3 is 0 Å². The van der Waals surface area contributed by atoms with Gasteiger partial charge in [-0.1, -0.05) is 23.4 Å². The van der Waals surface area contributed by atoms with E-state index >= 15 is 0 Å². The van der Waals surface area contributed by atoms with E-state index in [1.165, 1.54) is 0 Å². The van der Waals surface area contributed by atoms with Crippen LogP contribution in [0.5, 0.6) is 0 Å². The first-order valence-corrected chi connectivity index (χ1v) is 8.03. The quantitative estimate of drug-likeness (QED) is 0.938. The maximum Gasteiger partial charge on any atom is 0.276 e. The molecule has 1 aromatic heterocycles. The molecule has 0 aliphatic carbocycles. The Balaban J connectivity index is 1.82. The van der Waals surface area contributed by atoms with E-state index in [2.05, 4.69) is 10.3 Å². The molecule has 122 valence electrons. The zero-order chi connectivity index (χ0) is 16.4. The lowest BCUT2D eigenvalue weighted by molar-refractivity contribution is 0.0461. The molecule has 1 N–H and O–H groups in total. The lowest BCUT2D eigenvalue weighted by Crippen LogP contribution is -2.43. The summed E-state index contributed by atoms with van der Waals surface area (Å²) in [5.74, 6) is 0.0344. The van der Waals surface area contributed by atoms with Crippen LogP contribution in [0.25, 0.3) is 5.69 Å². The van der Waals surface area contributed by atoms with Crippen LogP contribution in [-0.2, 0) is 0 Å². The average molecular weight is 314 g/mol. The normalized spacial score (nSPS) is 19.6. The van der Waals surface area contributed by atoms with Gasteiger partial charge in [0.15, 0.2) is 5.69 Å². The highest BCUT2D eigenvalue weighted by atomic mass is 16.3. The fourth-order valence-corrected chi connectivity index (χ4v) is 3.08. The van der Waals surface area contributed by atoms with Crippen LogP contribution in [0.1, 0.15) is 35.9 Å². The maximum atomic E-state index is 12.8. The number of rotatable bonds is 3. The standard InChI is InChI=1S/C17H22N4O2/c1-12-16(18-19-21(12)15-8-4-3-5-9-15)17(23)20-10-6-7-14(11-20)13(2)22/h3-5,8-9,13-14,22H,6-7,10-11H2,1-2H3. The molecule has 1 aliphatic heterocycles. The van der Waals surface area contributed by atoms with Gasteiger partial charge in [-0.3, -0.25) is 4.79 Å². The van der Waals surface area contributed by atoms with Crippen LogP contribution in [0.15, 0.2) is 30.3 Å². The van der Waals surface area contributed by atoms with Gasteiger partial charge in [0.25, 0.3) is 5.91 Å². The van der Waals surface area contributed by atoms with E-state index in [0.29, 0.717) is 18.8 Å². The predicted octanol–water partition coefficient (Wildman–Crippen LogP) is 1.81. The van der Waals surface area contributed by atoms with Gasteiger partial charge in [0.1, 0.15) is 0 Å². The van der Waals surface area contributed by atoms with E-state index in [-0.39, 0.29) is 11.8 Å². The summed E-state index contributed by atoms with van der Waals surface area (Å²) >= 11 is 0. The number of likely N-dealkylation sites (tertiary alicyclic amines) is 1. The molecular weight excluding hydrogens is 292 g/mol. The number of piperidine rings is 1. The summed E-state index contributed by atoms with van der Waals surface area (Å²) in [6, 6.07) is 9.65. The summed E-state index contributed by atoms with van der Waals surface area (Å²) in [7, 11) is 0. The van der Waals surface area contributed by atoms with Crippen molar-refractivity contribution < 1.29 is 9.90 Å². The number of aliphatic hydroxyl groups excluding tert-OH is 1. The number of aliphatic hydroxyl groups is 1. The number of para-hydroxylation sites is 1. The summed E-state index contributed by atoms with van der Waals surface area (Å²) in [4.78, 5) is 14.5. The fraction of sp³-hybridized carbons (Fsp3) is 0.471. The smallest absolute Gasteiger partial charge is 0.276 e. The average Bonchev–Trinajstić information content (AvgIpc) is 2.96. The second-order valence-corrected chi connectivity index (χ2v) is 6.16. The van der Waals surface area contributed by atoms with Crippen LogP contribution >= 0.6 is 0 Å². The Bertz CT molecular complexity index is 681. The second-order valence-electron chi connectivity index (χ2n) is 6.16. The highest BCUT2D eigenvalue weighted by Crippen LogP contribution is 2.22. The van der Waals surface area contributed by atoms with Crippen LogP contribution < -0.4 is 0 Å². The van der Waals surface area contributed by atoms with Crippen molar-refractivity contribution in [2.45, 2.75) is 32.8 Å². The Hall–Kier alpha value is -2.21. The molecular formula is C17H22N4O2. The fourth-order valence-electron chi connectivity index (χ4n) is 3.08. The molecule has 1 fully saturated rings. The van der Waals surface area contributed by atoms with E-state index in [1.807, 2.05) is 37.3 Å². The summed E-state index contributed by atoms with van der Waals surface area (Å²) in [6.45, 7) is 4.93. The Morgan fingerprint density at radius 3 is 2.78 bits per heavy atom. The van der Waals surface area contributed by atoms with Gasteiger partial charge in [-0.25, -0.2) is 4.68 Å². The minimum Gasteiger partial charge on any atom is -0.393 e. The van der Waals surface area contributed by atoms with Crippen molar-refractivity contribution in [1.82, 2.24) is 19.9 Å². The number of hydrogen-bond acceptors (Lipinski definition) is 4. The highest BCUT2D eigenvalue weighted by molar-refractivity contribution is 5.93. The SMILES string of the molecule is Cc1c(C(=O)N2CCCC(C(C)O)C2)nnn1-c1ccccc1. The number of benzene rings is 1. The molecule has 6 heteroatoms. The number of amides is 1. The molecule has 23 heavy (non-hydrogen) atoms. The summed E-state index contributed by atoms with van der Waals surface area (Å²) in [5.41, 5.74) is 2.01. The van der Waals surface area contributed by atoms with Crippen molar-refractivity contribution in [3.8, 4) is 5.69 Å². The number of aromatic nitrogens is 3. The van der Waals surface area contributed by atoms with Crippen LogP contribution in [0.4, 0.5) is 0 Å². The first-order chi connectivity index (χ1) is 11.1. The van der Waals surface area contributed by atoms with Gasteiger partial charge in [-0.2, -0.15) is 0 Å². The molecule has 2 unspecified atom stereocenters. The van der Waals surface area contributed by atoms with Crippen molar-refractivity contribution in [2.75, 3.05) is 13.1 Å². The minimum atomic E-state index is -0.397. The summed E-state index contributed by atoms with van der Waals surface area (Å²) < 4.78 is 1.68. The molecule has 1 aliphatic rings. The third-order valence-corrected chi connectivity index (χ3v) is 4.53. The third kappa shape index (κ3) is 3.12. The zero-order valence-corrected chi connectivity index (χ0v) is 13.5. The molecule has 0 bridgehead atoms. The van der Waals surface area contributed by atoms with Gasteiger partial charge in [-0.05, 0) is 38.8 Å². The first-order valence-electron chi connectivity index (χ1n) is 8.03. The Morgan fingerprint density at radius 2 is 2.09 bits per heavy atom. The van der Waals surface area contributed by atoms with Crippen LogP contribution in [0, 0.1) is 12.8 Å².